The van der Waals surface area contributed by atoms with E-state index in [1.54, 1.807) is 0 Å². The Kier molecular flexibility index (Phi) is 4.99. The Labute approximate surface area is 116 Å². The minimum Gasteiger partial charge on any atom is -0.389 e. The first-order valence-electron chi connectivity index (χ1n) is 7.61. The highest BCUT2D eigenvalue weighted by Gasteiger charge is 2.31. The molecule has 0 aliphatic carbocycles. The highest BCUT2D eigenvalue weighted by Crippen LogP contribution is 2.26. The Hall–Kier alpha value is -0.870. The van der Waals surface area contributed by atoms with Crippen LogP contribution in [-0.2, 0) is 13.0 Å². The van der Waals surface area contributed by atoms with Crippen molar-refractivity contribution in [3.8, 4) is 0 Å². The van der Waals surface area contributed by atoms with Gasteiger partial charge in [0.1, 0.15) is 5.82 Å². The van der Waals surface area contributed by atoms with E-state index in [2.05, 4.69) is 28.3 Å². The van der Waals surface area contributed by atoms with E-state index < -0.39 is 5.60 Å². The summed E-state index contributed by atoms with van der Waals surface area (Å²) >= 11 is 0. The number of aliphatic hydroxyl groups is 1. The zero-order valence-corrected chi connectivity index (χ0v) is 12.3. The molecule has 0 saturated carbocycles. The van der Waals surface area contributed by atoms with Crippen LogP contribution >= 0.6 is 0 Å². The molecule has 4 nitrogen and oxygen atoms in total. The average Bonchev–Trinajstić information content (AvgIpc) is 2.74. The van der Waals surface area contributed by atoms with Gasteiger partial charge >= 0.3 is 0 Å². The zero-order chi connectivity index (χ0) is 13.7. The largest absolute Gasteiger partial charge is 0.389 e. The number of hydrogen-bond donors (Lipinski definition) is 1. The van der Waals surface area contributed by atoms with Crippen LogP contribution in [0.3, 0.4) is 0 Å². The summed E-state index contributed by atoms with van der Waals surface area (Å²) in [6.07, 6.45) is 8.56. The second-order valence-corrected chi connectivity index (χ2v) is 5.73. The van der Waals surface area contributed by atoms with Crippen LogP contribution in [0.1, 0.15) is 45.4 Å². The van der Waals surface area contributed by atoms with E-state index in [1.807, 2.05) is 12.4 Å². The molecule has 4 heteroatoms. The van der Waals surface area contributed by atoms with Crippen molar-refractivity contribution in [2.24, 2.45) is 0 Å². The number of aromatic nitrogens is 2. The molecule has 1 atom stereocenters. The number of nitrogens with zero attached hydrogens (tertiary/aromatic N) is 3. The fourth-order valence-electron chi connectivity index (χ4n) is 3.04. The molecule has 1 aliphatic heterocycles. The van der Waals surface area contributed by atoms with Gasteiger partial charge in [-0.05, 0) is 45.7 Å². The zero-order valence-electron chi connectivity index (χ0n) is 12.3. The molecule has 19 heavy (non-hydrogen) atoms. The summed E-state index contributed by atoms with van der Waals surface area (Å²) in [4.78, 5) is 6.88. The maximum absolute atomic E-state index is 10.8. The molecule has 2 rings (SSSR count). The minimum atomic E-state index is -0.569. The summed E-state index contributed by atoms with van der Waals surface area (Å²) in [6.45, 7) is 8.54. The standard InChI is InChI=1S/C15H27N3O/c1-3-9-17-10-5-6-15(19,7-11-17)13-14-16-8-12-18(14)4-2/h8,12,19H,3-7,9-11,13H2,1-2H3. The summed E-state index contributed by atoms with van der Waals surface area (Å²) in [5.41, 5.74) is -0.569. The first kappa shape index (κ1) is 14.5. The summed E-state index contributed by atoms with van der Waals surface area (Å²) in [6, 6.07) is 0. The van der Waals surface area contributed by atoms with Crippen molar-refractivity contribution in [3.05, 3.63) is 18.2 Å². The molecule has 0 amide bonds. The Morgan fingerprint density at radius 1 is 1.32 bits per heavy atom. The van der Waals surface area contributed by atoms with Crippen molar-refractivity contribution < 1.29 is 5.11 Å². The molecule has 0 aromatic carbocycles. The number of hydrogen-bond acceptors (Lipinski definition) is 3. The lowest BCUT2D eigenvalue weighted by atomic mass is 9.91. The molecule has 0 radical (unpaired) electrons. The van der Waals surface area contributed by atoms with Crippen LogP contribution < -0.4 is 0 Å². The van der Waals surface area contributed by atoms with Crippen molar-refractivity contribution in [1.29, 1.82) is 0 Å². The van der Waals surface area contributed by atoms with Crippen LogP contribution in [0.25, 0.3) is 0 Å². The van der Waals surface area contributed by atoms with Crippen LogP contribution in [0, 0.1) is 0 Å². The van der Waals surface area contributed by atoms with Gasteiger partial charge in [-0.2, -0.15) is 0 Å². The second-order valence-electron chi connectivity index (χ2n) is 5.73. The molecule has 1 aromatic rings. The normalized spacial score (nSPS) is 25.4. The third kappa shape index (κ3) is 3.80. The van der Waals surface area contributed by atoms with Crippen molar-refractivity contribution in [2.45, 2.75) is 58.1 Å². The maximum atomic E-state index is 10.8. The van der Waals surface area contributed by atoms with Gasteiger partial charge in [-0.1, -0.05) is 6.92 Å². The fourth-order valence-corrected chi connectivity index (χ4v) is 3.04. The Morgan fingerprint density at radius 3 is 2.89 bits per heavy atom. The third-order valence-electron chi connectivity index (χ3n) is 4.18. The van der Waals surface area contributed by atoms with Gasteiger partial charge in [0.15, 0.2) is 0 Å². The monoisotopic (exact) mass is 265 g/mol. The van der Waals surface area contributed by atoms with Crippen molar-refractivity contribution in [3.63, 3.8) is 0 Å². The minimum absolute atomic E-state index is 0.569. The lowest BCUT2D eigenvalue weighted by Crippen LogP contribution is -2.34. The maximum Gasteiger partial charge on any atom is 0.111 e. The number of aryl methyl sites for hydroxylation is 1. The van der Waals surface area contributed by atoms with Crippen LogP contribution in [0.4, 0.5) is 0 Å². The summed E-state index contributed by atoms with van der Waals surface area (Å²) in [5.74, 6) is 1.02. The SMILES string of the molecule is CCCN1CCCC(O)(Cc2nccn2CC)CC1. The molecular formula is C15H27N3O. The molecule has 1 saturated heterocycles. The van der Waals surface area contributed by atoms with Gasteiger partial charge < -0.3 is 14.6 Å². The highest BCUT2D eigenvalue weighted by molar-refractivity contribution is 4.99. The van der Waals surface area contributed by atoms with Crippen molar-refractivity contribution in [1.82, 2.24) is 14.5 Å². The van der Waals surface area contributed by atoms with Crippen molar-refractivity contribution in [2.75, 3.05) is 19.6 Å². The Bertz CT molecular complexity index is 390. The molecule has 1 fully saturated rings. The fraction of sp³-hybridized carbons (Fsp3) is 0.800. The van der Waals surface area contributed by atoms with E-state index in [0.717, 1.165) is 51.3 Å². The Balaban J connectivity index is 1.98. The molecule has 1 unspecified atom stereocenters. The lowest BCUT2D eigenvalue weighted by Gasteiger charge is -2.27. The first-order valence-corrected chi connectivity index (χ1v) is 7.61. The average molecular weight is 265 g/mol. The molecular weight excluding hydrogens is 238 g/mol. The summed E-state index contributed by atoms with van der Waals surface area (Å²) in [5, 5.41) is 10.8. The van der Waals surface area contributed by atoms with Crippen LogP contribution in [0.2, 0.25) is 0 Å². The lowest BCUT2D eigenvalue weighted by molar-refractivity contribution is 0.0231. The van der Waals surface area contributed by atoms with Crippen LogP contribution in [0.5, 0.6) is 0 Å². The molecule has 0 bridgehead atoms. The molecule has 0 spiro atoms. The molecule has 1 aromatic heterocycles. The predicted molar refractivity (Wildman–Crippen MR) is 77.1 cm³/mol. The second kappa shape index (κ2) is 6.53. The first-order chi connectivity index (χ1) is 9.17. The number of rotatable bonds is 5. The van der Waals surface area contributed by atoms with Gasteiger partial charge in [0.2, 0.25) is 0 Å². The van der Waals surface area contributed by atoms with Crippen LogP contribution in [-0.4, -0.2) is 44.8 Å². The van der Waals surface area contributed by atoms with Gasteiger partial charge in [0.05, 0.1) is 5.60 Å². The van der Waals surface area contributed by atoms with E-state index in [4.69, 9.17) is 0 Å². The van der Waals surface area contributed by atoms with E-state index in [-0.39, 0.29) is 0 Å². The van der Waals surface area contributed by atoms with Gasteiger partial charge in [0, 0.05) is 31.9 Å². The smallest absolute Gasteiger partial charge is 0.111 e. The van der Waals surface area contributed by atoms with E-state index in [1.165, 1.54) is 6.42 Å². The molecule has 1 aliphatic rings. The third-order valence-corrected chi connectivity index (χ3v) is 4.18. The van der Waals surface area contributed by atoms with E-state index in [9.17, 15) is 5.11 Å². The Morgan fingerprint density at radius 2 is 2.16 bits per heavy atom. The quantitative estimate of drug-likeness (QED) is 0.886. The van der Waals surface area contributed by atoms with Crippen LogP contribution in [0.15, 0.2) is 12.4 Å². The molecule has 2 heterocycles. The number of likely N-dealkylation sites (tertiary alicyclic amines) is 1. The molecule has 108 valence electrons. The highest BCUT2D eigenvalue weighted by atomic mass is 16.3. The summed E-state index contributed by atoms with van der Waals surface area (Å²) in [7, 11) is 0. The summed E-state index contributed by atoms with van der Waals surface area (Å²) < 4.78 is 2.13. The molecule has 1 N–H and O–H groups in total. The van der Waals surface area contributed by atoms with Crippen molar-refractivity contribution >= 4 is 0 Å². The van der Waals surface area contributed by atoms with Gasteiger partial charge in [-0.3, -0.25) is 0 Å². The van der Waals surface area contributed by atoms with E-state index >= 15 is 0 Å². The van der Waals surface area contributed by atoms with E-state index in [0.29, 0.717) is 6.42 Å². The number of imidazole rings is 1. The van der Waals surface area contributed by atoms with Gasteiger partial charge in [0.25, 0.3) is 0 Å². The predicted octanol–water partition coefficient (Wildman–Crippen LogP) is 2.07. The topological polar surface area (TPSA) is 41.3 Å². The van der Waals surface area contributed by atoms with Gasteiger partial charge in [-0.15, -0.1) is 0 Å². The van der Waals surface area contributed by atoms with Gasteiger partial charge in [-0.25, -0.2) is 4.98 Å².